The lowest BCUT2D eigenvalue weighted by atomic mass is 9.86. The molecule has 0 saturated carbocycles. The highest BCUT2D eigenvalue weighted by molar-refractivity contribution is 7.09. The first-order valence-corrected chi connectivity index (χ1v) is 21.1. The number of carbonyl (C=O) groups excluding carboxylic acids is 3. The highest BCUT2D eigenvalue weighted by atomic mass is 32.1. The Bertz CT molecular complexity index is 1730. The van der Waals surface area contributed by atoms with E-state index < -0.39 is 18.3 Å². The molecule has 0 spiro atoms. The summed E-state index contributed by atoms with van der Waals surface area (Å²) in [5.74, 6) is 0.223. The molecule has 296 valence electrons. The number of ketones is 1. The zero-order valence-corrected chi connectivity index (χ0v) is 33.8. The summed E-state index contributed by atoms with van der Waals surface area (Å²) in [7, 11) is 1.72. The van der Waals surface area contributed by atoms with E-state index in [1.54, 1.807) is 35.0 Å². The lowest BCUT2D eigenvalue weighted by molar-refractivity contribution is -0.122. The van der Waals surface area contributed by atoms with Crippen LogP contribution in [0.3, 0.4) is 0 Å². The molecular formula is C42H55FN6O4S2. The van der Waals surface area contributed by atoms with Crippen LogP contribution in [0.2, 0.25) is 0 Å². The number of urea groups is 1. The van der Waals surface area contributed by atoms with Gasteiger partial charge in [-0.1, -0.05) is 74.5 Å². The molecule has 0 bridgehead atoms. The number of ether oxygens (including phenoxy) is 1. The first-order chi connectivity index (χ1) is 26.6. The number of thiazole rings is 2. The zero-order valence-electron chi connectivity index (χ0n) is 32.2. The van der Waals surface area contributed by atoms with Crippen LogP contribution >= 0.6 is 22.7 Å². The van der Waals surface area contributed by atoms with E-state index in [1.165, 1.54) is 11.3 Å². The van der Waals surface area contributed by atoms with E-state index in [0.29, 0.717) is 77.0 Å². The predicted molar refractivity (Wildman–Crippen MR) is 217 cm³/mol. The molecule has 1 saturated heterocycles. The van der Waals surface area contributed by atoms with Gasteiger partial charge in [0.25, 0.3) is 0 Å². The molecule has 10 nitrogen and oxygen atoms in total. The van der Waals surface area contributed by atoms with Crippen molar-refractivity contribution in [2.45, 2.75) is 103 Å². The van der Waals surface area contributed by atoms with Gasteiger partial charge >= 0.3 is 12.1 Å². The van der Waals surface area contributed by atoms with Crippen molar-refractivity contribution in [3.8, 4) is 0 Å². The zero-order chi connectivity index (χ0) is 39.0. The molecule has 0 radical (unpaired) electrons. The second-order valence-electron chi connectivity index (χ2n) is 14.9. The molecule has 3 unspecified atom stereocenters. The topological polar surface area (TPSA) is 117 Å². The summed E-state index contributed by atoms with van der Waals surface area (Å²) in [6.07, 6.45) is 4.64. The Kier molecular flexibility index (Phi) is 16.6. The highest BCUT2D eigenvalue weighted by Gasteiger charge is 2.28. The molecule has 3 atom stereocenters. The largest absolute Gasteiger partial charge is 0.444 e. The van der Waals surface area contributed by atoms with Crippen molar-refractivity contribution in [1.82, 2.24) is 30.4 Å². The fraction of sp³-hybridized carbons (Fsp3) is 0.500. The maximum atomic E-state index is 14.4. The maximum absolute atomic E-state index is 14.4. The van der Waals surface area contributed by atoms with E-state index in [9.17, 15) is 18.8 Å². The van der Waals surface area contributed by atoms with Gasteiger partial charge in [0.2, 0.25) is 0 Å². The third kappa shape index (κ3) is 14.4. The summed E-state index contributed by atoms with van der Waals surface area (Å²) < 4.78 is 19.5. The number of carbonyl (C=O) groups is 3. The normalized spacial score (nSPS) is 15.3. The molecule has 2 N–H and O–H groups in total. The summed E-state index contributed by atoms with van der Waals surface area (Å²) >= 11 is 3.02. The standard InChI is InChI=1S/C42H55FN6O4S2/c1-30(2)40-45-36(28-54-40)26-48(3)41(51)47-38(18-21-49-19-16-34(43)17-20-49)39(50)24-33(22-31-10-6-4-7-11-31)14-15-35(23-32-12-8-5-9-13-32)46-42(52)53-27-37-25-44-29-55-37/h4-13,25,28-30,33-35,38H,14-24,26-27H2,1-3H3,(H,46,52)(H,47,51). The van der Waals surface area contributed by atoms with Crippen molar-refractivity contribution in [3.05, 3.63) is 104 Å². The number of nitrogens with zero attached hydrogens (tertiary/aromatic N) is 4. The number of halogens is 1. The minimum atomic E-state index is -0.789. The molecule has 2 aromatic heterocycles. The van der Waals surface area contributed by atoms with Crippen LogP contribution < -0.4 is 10.6 Å². The number of alkyl halides is 1. The van der Waals surface area contributed by atoms with Gasteiger partial charge < -0.3 is 25.2 Å². The third-order valence-corrected chi connectivity index (χ3v) is 12.0. The molecule has 55 heavy (non-hydrogen) atoms. The van der Waals surface area contributed by atoms with Crippen LogP contribution in [0.5, 0.6) is 0 Å². The van der Waals surface area contributed by atoms with Gasteiger partial charge in [-0.3, -0.25) is 9.78 Å². The number of amides is 3. The predicted octanol–water partition coefficient (Wildman–Crippen LogP) is 8.19. The average molecular weight is 791 g/mol. The Morgan fingerprint density at radius 3 is 2.27 bits per heavy atom. The quantitative estimate of drug-likeness (QED) is 0.0928. The molecule has 13 heteroatoms. The van der Waals surface area contributed by atoms with Crippen molar-refractivity contribution >= 4 is 40.6 Å². The first-order valence-electron chi connectivity index (χ1n) is 19.3. The molecule has 1 aliphatic rings. The summed E-state index contributed by atoms with van der Waals surface area (Å²) in [4.78, 5) is 54.3. The molecule has 1 aliphatic heterocycles. The lowest BCUT2D eigenvalue weighted by Crippen LogP contribution is -2.48. The highest BCUT2D eigenvalue weighted by Crippen LogP contribution is 2.24. The van der Waals surface area contributed by atoms with E-state index in [1.807, 2.05) is 53.9 Å². The summed E-state index contributed by atoms with van der Waals surface area (Å²) in [5.41, 5.74) is 4.73. The van der Waals surface area contributed by atoms with Crippen molar-refractivity contribution in [2.75, 3.05) is 26.7 Å². The minimum Gasteiger partial charge on any atom is -0.444 e. The second kappa shape index (κ2) is 21.8. The fourth-order valence-electron chi connectivity index (χ4n) is 6.85. The van der Waals surface area contributed by atoms with Crippen LogP contribution in [0, 0.1) is 5.92 Å². The van der Waals surface area contributed by atoms with Crippen LogP contribution in [0.15, 0.2) is 77.8 Å². The van der Waals surface area contributed by atoms with Gasteiger partial charge in [0.05, 0.1) is 33.7 Å². The van der Waals surface area contributed by atoms with Gasteiger partial charge in [-0.15, -0.1) is 22.7 Å². The van der Waals surface area contributed by atoms with E-state index in [-0.39, 0.29) is 36.8 Å². The SMILES string of the molecule is CC(C)c1nc(CN(C)C(=O)NC(CCN2CCC(F)CC2)C(=O)CC(CCC(Cc2ccccc2)NC(=O)OCc2cncs2)Cc2ccccc2)cs1. The fourth-order valence-corrected chi connectivity index (χ4v) is 8.19. The summed E-state index contributed by atoms with van der Waals surface area (Å²) in [5, 5.41) is 9.15. The third-order valence-electron chi connectivity index (χ3n) is 10.0. The number of likely N-dealkylation sites (tertiary alicyclic amines) is 1. The van der Waals surface area contributed by atoms with Crippen molar-refractivity contribution in [1.29, 1.82) is 0 Å². The maximum Gasteiger partial charge on any atom is 0.407 e. The van der Waals surface area contributed by atoms with Gasteiger partial charge in [0.1, 0.15) is 12.8 Å². The number of nitrogens with one attached hydrogen (secondary N) is 2. The summed E-state index contributed by atoms with van der Waals surface area (Å²) in [6.45, 7) is 6.53. The molecule has 3 amide bonds. The lowest BCUT2D eigenvalue weighted by Gasteiger charge is -2.31. The Hall–Kier alpha value is -4.20. The average Bonchev–Trinajstić information content (AvgIpc) is 3.89. The van der Waals surface area contributed by atoms with Crippen LogP contribution in [-0.4, -0.2) is 82.6 Å². The number of benzene rings is 2. The van der Waals surface area contributed by atoms with E-state index in [4.69, 9.17) is 4.74 Å². The van der Waals surface area contributed by atoms with Crippen LogP contribution in [-0.2, 0) is 35.5 Å². The summed E-state index contributed by atoms with van der Waals surface area (Å²) in [6, 6.07) is 18.9. The molecule has 4 aromatic rings. The van der Waals surface area contributed by atoms with Gasteiger partial charge in [-0.05, 0) is 62.0 Å². The van der Waals surface area contributed by atoms with Crippen molar-refractivity contribution < 1.29 is 23.5 Å². The van der Waals surface area contributed by atoms with Crippen molar-refractivity contribution in [2.24, 2.45) is 5.92 Å². The second-order valence-corrected chi connectivity index (χ2v) is 16.7. The molecule has 1 fully saturated rings. The number of Topliss-reactive ketones (excluding diaryl/α,β-unsaturated/α-hetero) is 1. The number of rotatable bonds is 20. The molecule has 2 aromatic carbocycles. The van der Waals surface area contributed by atoms with Gasteiger partial charge in [-0.25, -0.2) is 19.0 Å². The van der Waals surface area contributed by atoms with Gasteiger partial charge in [0.15, 0.2) is 5.78 Å². The Balaban J connectivity index is 1.28. The first kappa shape index (κ1) is 42.0. The number of hydrogen-bond acceptors (Lipinski definition) is 9. The molecular weight excluding hydrogens is 736 g/mol. The van der Waals surface area contributed by atoms with Crippen molar-refractivity contribution in [3.63, 3.8) is 0 Å². The number of alkyl carbamates (subject to hydrolysis) is 1. The van der Waals surface area contributed by atoms with Gasteiger partial charge in [0, 0.05) is 56.6 Å². The molecule has 3 heterocycles. The number of piperidine rings is 1. The Labute approximate surface area is 332 Å². The van der Waals surface area contributed by atoms with E-state index in [0.717, 1.165) is 26.7 Å². The Morgan fingerprint density at radius 2 is 1.64 bits per heavy atom. The molecule has 0 aliphatic carbocycles. The van der Waals surface area contributed by atoms with Crippen LogP contribution in [0.1, 0.15) is 85.0 Å². The van der Waals surface area contributed by atoms with E-state index in [2.05, 4.69) is 51.5 Å². The smallest absolute Gasteiger partial charge is 0.407 e. The van der Waals surface area contributed by atoms with E-state index >= 15 is 0 Å². The number of hydrogen-bond donors (Lipinski definition) is 2. The van der Waals surface area contributed by atoms with Gasteiger partial charge in [-0.2, -0.15) is 0 Å². The van der Waals surface area contributed by atoms with Crippen LogP contribution in [0.25, 0.3) is 0 Å². The Morgan fingerprint density at radius 1 is 0.945 bits per heavy atom. The monoisotopic (exact) mass is 790 g/mol. The molecule has 5 rings (SSSR count). The minimum absolute atomic E-state index is 0.0321. The number of aromatic nitrogens is 2. The van der Waals surface area contributed by atoms with Crippen LogP contribution in [0.4, 0.5) is 14.0 Å².